The highest BCUT2D eigenvalue weighted by Gasteiger charge is 2.25. The van der Waals surface area contributed by atoms with Crippen LogP contribution in [-0.2, 0) is 28.8 Å². The van der Waals surface area contributed by atoms with E-state index in [4.69, 9.17) is 26.1 Å². The number of rotatable bonds is 9. The van der Waals surface area contributed by atoms with E-state index in [1.165, 1.54) is 40.7 Å². The van der Waals surface area contributed by atoms with Gasteiger partial charge in [0.15, 0.2) is 0 Å². The van der Waals surface area contributed by atoms with Gasteiger partial charge in [-0.15, -0.1) is 0 Å². The zero-order valence-corrected chi connectivity index (χ0v) is 25.2. The number of fused-ring (bicyclic) bond motifs is 2. The fourth-order valence-electron chi connectivity index (χ4n) is 6.66. The van der Waals surface area contributed by atoms with Crippen molar-refractivity contribution in [1.29, 1.82) is 0 Å². The van der Waals surface area contributed by atoms with Gasteiger partial charge in [-0.25, -0.2) is 0 Å². The first kappa shape index (κ1) is 28.9. The number of esters is 1. The van der Waals surface area contributed by atoms with Crippen LogP contribution in [0.4, 0.5) is 0 Å². The number of nitrogens with zero attached hydrogens (tertiary/aromatic N) is 2. The van der Waals surface area contributed by atoms with Gasteiger partial charge >= 0.3 is 5.97 Å². The maximum Gasteiger partial charge on any atom is 0.306 e. The molecule has 0 N–H and O–H groups in total. The average Bonchev–Trinajstić information content (AvgIpc) is 3.47. The van der Waals surface area contributed by atoms with Gasteiger partial charge in [-0.2, -0.15) is 0 Å². The van der Waals surface area contributed by atoms with E-state index in [1.54, 1.807) is 0 Å². The number of halogens is 1. The molecule has 0 unspecified atom stereocenters. The van der Waals surface area contributed by atoms with Crippen LogP contribution in [0.5, 0.6) is 5.75 Å². The Balaban J connectivity index is 0.971. The molecule has 3 aromatic rings. The molecule has 6 rings (SSSR count). The summed E-state index contributed by atoms with van der Waals surface area (Å²) in [7, 11) is 0. The molecule has 5 nitrogen and oxygen atoms in total. The maximum atomic E-state index is 12.1. The molecule has 0 bridgehead atoms. The number of carbonyl (C=O) groups excluding carboxylic acids is 1. The Labute approximate surface area is 254 Å². The van der Waals surface area contributed by atoms with E-state index in [-0.39, 0.29) is 12.1 Å². The van der Waals surface area contributed by atoms with Crippen molar-refractivity contribution in [2.24, 2.45) is 0 Å². The lowest BCUT2D eigenvalue weighted by atomic mass is 9.88. The van der Waals surface area contributed by atoms with Crippen LogP contribution in [-0.4, -0.2) is 48.2 Å². The fraction of sp³-hybridized carbons (Fsp3) is 0.444. The summed E-state index contributed by atoms with van der Waals surface area (Å²) in [5.41, 5.74) is 9.13. The van der Waals surface area contributed by atoms with Crippen molar-refractivity contribution in [2.75, 3.05) is 26.2 Å². The Kier molecular flexibility index (Phi) is 9.57. The molecule has 6 heteroatoms. The van der Waals surface area contributed by atoms with E-state index >= 15 is 0 Å². The van der Waals surface area contributed by atoms with Gasteiger partial charge < -0.3 is 14.4 Å². The Morgan fingerprint density at radius 1 is 0.952 bits per heavy atom. The number of benzene rings is 2. The highest BCUT2D eigenvalue weighted by Crippen LogP contribution is 2.38. The summed E-state index contributed by atoms with van der Waals surface area (Å²) in [6.07, 6.45) is 12.7. The van der Waals surface area contributed by atoms with Crippen LogP contribution in [0, 0.1) is 0 Å². The van der Waals surface area contributed by atoms with Crippen molar-refractivity contribution < 1.29 is 14.3 Å². The van der Waals surface area contributed by atoms with Crippen molar-refractivity contribution in [1.82, 2.24) is 9.88 Å². The minimum Gasteiger partial charge on any atom is -0.494 e. The van der Waals surface area contributed by atoms with Crippen molar-refractivity contribution in [3.8, 4) is 5.75 Å². The second kappa shape index (κ2) is 13.9. The van der Waals surface area contributed by atoms with Gasteiger partial charge in [-0.3, -0.25) is 9.78 Å². The topological polar surface area (TPSA) is 51.7 Å². The van der Waals surface area contributed by atoms with Crippen LogP contribution >= 0.6 is 11.6 Å². The molecular formula is C36H41ClN2O3. The monoisotopic (exact) mass is 584 g/mol. The van der Waals surface area contributed by atoms with E-state index in [1.807, 2.05) is 24.4 Å². The summed E-state index contributed by atoms with van der Waals surface area (Å²) in [6.45, 7) is 3.84. The molecule has 0 amide bonds. The van der Waals surface area contributed by atoms with Crippen LogP contribution in [0.3, 0.4) is 0 Å². The second-order valence-corrected chi connectivity index (χ2v) is 12.3. The molecule has 0 spiro atoms. The zero-order valence-electron chi connectivity index (χ0n) is 24.5. The highest BCUT2D eigenvalue weighted by atomic mass is 35.5. The van der Waals surface area contributed by atoms with Crippen molar-refractivity contribution >= 4 is 23.1 Å². The summed E-state index contributed by atoms with van der Waals surface area (Å²) < 4.78 is 11.6. The molecule has 1 aliphatic heterocycles. The molecule has 42 heavy (non-hydrogen) atoms. The molecule has 2 heterocycles. The highest BCUT2D eigenvalue weighted by molar-refractivity contribution is 6.30. The van der Waals surface area contributed by atoms with Crippen molar-refractivity contribution in [3.05, 3.63) is 99.3 Å². The number of aryl methyl sites for hydroxylation is 3. The molecule has 3 aliphatic rings. The lowest BCUT2D eigenvalue weighted by Gasteiger charge is -2.30. The number of ether oxygens (including phenoxy) is 2. The molecule has 2 aliphatic carbocycles. The molecule has 2 aromatic carbocycles. The zero-order chi connectivity index (χ0) is 28.7. The van der Waals surface area contributed by atoms with Crippen molar-refractivity contribution in [3.63, 3.8) is 0 Å². The number of carbonyl (C=O) groups is 1. The van der Waals surface area contributed by atoms with Crippen LogP contribution in [0.1, 0.15) is 79.3 Å². The van der Waals surface area contributed by atoms with E-state index in [9.17, 15) is 4.79 Å². The predicted molar refractivity (Wildman–Crippen MR) is 168 cm³/mol. The average molecular weight is 585 g/mol. The lowest BCUT2D eigenvalue weighted by Crippen LogP contribution is -2.32. The number of hydrogen-bond donors (Lipinski definition) is 0. The van der Waals surface area contributed by atoms with Gasteiger partial charge in [-0.05, 0) is 117 Å². The van der Waals surface area contributed by atoms with Gasteiger partial charge in [0.05, 0.1) is 12.3 Å². The summed E-state index contributed by atoms with van der Waals surface area (Å²) >= 11 is 6.38. The van der Waals surface area contributed by atoms with Gasteiger partial charge in [0.1, 0.15) is 11.9 Å². The van der Waals surface area contributed by atoms with E-state index in [2.05, 4.69) is 41.3 Å². The van der Waals surface area contributed by atoms with Gasteiger partial charge in [0.2, 0.25) is 0 Å². The summed E-state index contributed by atoms with van der Waals surface area (Å²) in [6, 6.07) is 18.8. The number of hydrogen-bond acceptors (Lipinski definition) is 5. The van der Waals surface area contributed by atoms with Gasteiger partial charge in [-0.1, -0.05) is 41.4 Å². The lowest BCUT2D eigenvalue weighted by molar-refractivity contribution is -0.148. The third-order valence-corrected chi connectivity index (χ3v) is 9.21. The molecule has 1 saturated heterocycles. The number of aromatic nitrogens is 1. The Hall–Kier alpha value is -3.15. The third kappa shape index (κ3) is 7.25. The Bertz CT molecular complexity index is 1400. The normalized spacial score (nSPS) is 17.5. The minimum atomic E-state index is -0.0753. The van der Waals surface area contributed by atoms with Crippen LogP contribution in [0.15, 0.2) is 66.4 Å². The van der Waals surface area contributed by atoms with Gasteiger partial charge in [0, 0.05) is 42.8 Å². The molecule has 220 valence electrons. The number of piperidine rings is 1. The minimum absolute atomic E-state index is 0.0753. The summed E-state index contributed by atoms with van der Waals surface area (Å²) in [5, 5.41) is 0.807. The Morgan fingerprint density at radius 2 is 1.74 bits per heavy atom. The standard InChI is InChI=1S/C36H41ClN2O3/c37-30-13-16-33-29(25-30)12-11-28-5-3-20-38-36(28)35(33)27-18-22-39(23-19-27)21-4-24-41-31-14-8-26(9-15-31)10-17-34(40)42-32-6-1-2-7-32/h3,5,8-9,13-16,20,25,32H,1-2,4,6-7,10-12,17-19,21-24H2. The molecular weight excluding hydrogens is 544 g/mol. The van der Waals surface area contributed by atoms with Crippen molar-refractivity contribution in [2.45, 2.75) is 76.7 Å². The number of likely N-dealkylation sites (tertiary alicyclic amines) is 1. The van der Waals surface area contributed by atoms with Crippen LogP contribution in [0.2, 0.25) is 5.02 Å². The Morgan fingerprint density at radius 3 is 2.55 bits per heavy atom. The smallest absolute Gasteiger partial charge is 0.306 e. The molecule has 0 radical (unpaired) electrons. The third-order valence-electron chi connectivity index (χ3n) is 8.97. The second-order valence-electron chi connectivity index (χ2n) is 11.9. The summed E-state index contributed by atoms with van der Waals surface area (Å²) in [4.78, 5) is 19.5. The van der Waals surface area contributed by atoms with Crippen LogP contribution < -0.4 is 4.74 Å². The first-order chi connectivity index (χ1) is 20.6. The van der Waals surface area contributed by atoms with E-state index in [0.717, 1.165) is 86.6 Å². The molecule has 2 fully saturated rings. The SMILES string of the molecule is O=C(CCc1ccc(OCCCN2CCC(=C3c4ccc(Cl)cc4CCc4cccnc43)CC2)cc1)OC1CCCC1. The molecule has 0 atom stereocenters. The van der Waals surface area contributed by atoms with Crippen LogP contribution in [0.25, 0.3) is 5.57 Å². The predicted octanol–water partition coefficient (Wildman–Crippen LogP) is 7.62. The molecule has 1 saturated carbocycles. The summed E-state index contributed by atoms with van der Waals surface area (Å²) in [5.74, 6) is 0.810. The quantitative estimate of drug-likeness (QED) is 0.191. The number of pyridine rings is 1. The first-order valence-electron chi connectivity index (χ1n) is 15.7. The maximum absolute atomic E-state index is 12.1. The molecule has 1 aromatic heterocycles. The van der Waals surface area contributed by atoms with Gasteiger partial charge in [0.25, 0.3) is 0 Å². The van der Waals surface area contributed by atoms with E-state index in [0.29, 0.717) is 19.4 Å². The largest absolute Gasteiger partial charge is 0.494 e. The van der Waals surface area contributed by atoms with E-state index < -0.39 is 0 Å². The first-order valence-corrected chi connectivity index (χ1v) is 16.1. The fourth-order valence-corrected chi connectivity index (χ4v) is 6.85.